The molecule has 1 aromatic carbocycles. The lowest BCUT2D eigenvalue weighted by molar-refractivity contribution is -0.141. The van der Waals surface area contributed by atoms with E-state index >= 15 is 0 Å². The molecule has 0 spiro atoms. The molecule has 0 saturated heterocycles. The van der Waals surface area contributed by atoms with Crippen molar-refractivity contribution >= 4 is 0 Å². The third-order valence-corrected chi connectivity index (χ3v) is 2.83. The fourth-order valence-electron chi connectivity index (χ4n) is 1.81. The van der Waals surface area contributed by atoms with Crippen molar-refractivity contribution in [1.82, 2.24) is 9.55 Å². The van der Waals surface area contributed by atoms with E-state index in [0.29, 0.717) is 13.2 Å². The molecule has 0 bridgehead atoms. The third-order valence-electron chi connectivity index (χ3n) is 2.83. The third kappa shape index (κ3) is 3.60. The Kier molecular flexibility index (Phi) is 4.44. The molecule has 1 heterocycles. The average Bonchev–Trinajstić information content (AvgIpc) is 2.83. The first-order chi connectivity index (χ1) is 9.50. The normalized spacial score (nSPS) is 11.8. The van der Waals surface area contributed by atoms with Gasteiger partial charge in [-0.3, -0.25) is 0 Å². The molecule has 0 N–H and O–H groups in total. The fraction of sp³-hybridized carbons (Fsp3) is 0.357. The van der Waals surface area contributed by atoms with Gasteiger partial charge in [0.2, 0.25) is 0 Å². The van der Waals surface area contributed by atoms with Gasteiger partial charge in [-0.15, -0.1) is 0 Å². The molecule has 0 radical (unpaired) electrons. The maximum absolute atomic E-state index is 12.6. The lowest BCUT2D eigenvalue weighted by Crippen LogP contribution is -2.05. The van der Waals surface area contributed by atoms with Crippen LogP contribution in [0.15, 0.2) is 36.5 Å². The van der Waals surface area contributed by atoms with Gasteiger partial charge in [0.25, 0.3) is 0 Å². The van der Waals surface area contributed by atoms with E-state index in [2.05, 4.69) is 4.98 Å². The maximum Gasteiger partial charge on any atom is 0.434 e. The van der Waals surface area contributed by atoms with Crippen LogP contribution < -0.4 is 0 Å². The summed E-state index contributed by atoms with van der Waals surface area (Å²) in [6.07, 6.45) is -3.41. The predicted molar refractivity (Wildman–Crippen MR) is 67.8 cm³/mol. The number of alkyl halides is 3. The van der Waals surface area contributed by atoms with E-state index in [4.69, 9.17) is 4.74 Å². The Labute approximate surface area is 115 Å². The number of aromatic nitrogens is 2. The molecule has 2 rings (SSSR count). The zero-order chi connectivity index (χ0) is 14.6. The molecule has 6 heteroatoms. The Hall–Kier alpha value is -1.82. The van der Waals surface area contributed by atoms with Crippen LogP contribution in [0.25, 0.3) is 0 Å². The van der Waals surface area contributed by atoms with Gasteiger partial charge in [0.05, 0.1) is 6.61 Å². The first-order valence-corrected chi connectivity index (χ1v) is 6.25. The summed E-state index contributed by atoms with van der Waals surface area (Å²) in [7, 11) is 0. The highest BCUT2D eigenvalue weighted by atomic mass is 19.4. The van der Waals surface area contributed by atoms with Crippen LogP contribution in [0.4, 0.5) is 13.2 Å². The number of nitrogens with zero attached hydrogens (tertiary/aromatic N) is 2. The van der Waals surface area contributed by atoms with Crippen molar-refractivity contribution in [3.8, 4) is 0 Å². The minimum absolute atomic E-state index is 0.0544. The SMILES string of the molecule is CCn1cc(C(F)(F)F)nc1COCc1ccccc1. The van der Waals surface area contributed by atoms with Crippen LogP contribution in [-0.2, 0) is 30.7 Å². The molecule has 0 saturated carbocycles. The number of benzene rings is 1. The topological polar surface area (TPSA) is 27.1 Å². The number of hydrogen-bond donors (Lipinski definition) is 0. The average molecular weight is 284 g/mol. The largest absolute Gasteiger partial charge is 0.434 e. The fourth-order valence-corrected chi connectivity index (χ4v) is 1.81. The van der Waals surface area contributed by atoms with Crippen molar-refractivity contribution in [3.05, 3.63) is 53.6 Å². The van der Waals surface area contributed by atoms with Crippen molar-refractivity contribution < 1.29 is 17.9 Å². The van der Waals surface area contributed by atoms with Gasteiger partial charge in [-0.25, -0.2) is 4.98 Å². The zero-order valence-corrected chi connectivity index (χ0v) is 11.0. The van der Waals surface area contributed by atoms with Gasteiger partial charge >= 0.3 is 6.18 Å². The molecule has 0 aliphatic heterocycles. The van der Waals surface area contributed by atoms with Gasteiger partial charge in [-0.05, 0) is 12.5 Å². The molecule has 0 aliphatic rings. The van der Waals surface area contributed by atoms with Crippen molar-refractivity contribution in [3.63, 3.8) is 0 Å². The van der Waals surface area contributed by atoms with Gasteiger partial charge in [0.1, 0.15) is 12.4 Å². The molecular formula is C14H15F3N2O. The number of imidazole rings is 1. The van der Waals surface area contributed by atoms with E-state index in [1.54, 1.807) is 6.92 Å². The second-order valence-corrected chi connectivity index (χ2v) is 4.30. The molecule has 2 aromatic rings. The van der Waals surface area contributed by atoms with Crippen LogP contribution in [0.5, 0.6) is 0 Å². The summed E-state index contributed by atoms with van der Waals surface area (Å²) in [5, 5.41) is 0. The molecule has 108 valence electrons. The first kappa shape index (κ1) is 14.6. The predicted octanol–water partition coefficient (Wildman–Crippen LogP) is 3.64. The Morgan fingerprint density at radius 1 is 1.15 bits per heavy atom. The van der Waals surface area contributed by atoms with Crippen molar-refractivity contribution in [2.24, 2.45) is 0 Å². The quantitative estimate of drug-likeness (QED) is 0.838. The van der Waals surface area contributed by atoms with Crippen LogP contribution in [0.2, 0.25) is 0 Å². The van der Waals surface area contributed by atoms with E-state index in [0.717, 1.165) is 11.8 Å². The highest BCUT2D eigenvalue weighted by Crippen LogP contribution is 2.28. The Morgan fingerprint density at radius 3 is 2.45 bits per heavy atom. The Morgan fingerprint density at radius 2 is 1.85 bits per heavy atom. The Balaban J connectivity index is 2.00. The smallest absolute Gasteiger partial charge is 0.369 e. The summed E-state index contributed by atoms with van der Waals surface area (Å²) >= 11 is 0. The van der Waals surface area contributed by atoms with E-state index in [9.17, 15) is 13.2 Å². The molecule has 1 aromatic heterocycles. The first-order valence-electron chi connectivity index (χ1n) is 6.25. The number of hydrogen-bond acceptors (Lipinski definition) is 2. The molecule has 3 nitrogen and oxygen atoms in total. The highest BCUT2D eigenvalue weighted by molar-refractivity contribution is 5.13. The summed E-state index contributed by atoms with van der Waals surface area (Å²) in [5.41, 5.74) is 0.0933. The van der Waals surface area contributed by atoms with E-state index in [1.807, 2.05) is 30.3 Å². The second-order valence-electron chi connectivity index (χ2n) is 4.30. The maximum atomic E-state index is 12.6. The minimum Gasteiger partial charge on any atom is -0.369 e. The van der Waals surface area contributed by atoms with Gasteiger partial charge in [-0.2, -0.15) is 13.2 Å². The molecule has 0 amide bonds. The van der Waals surface area contributed by atoms with Gasteiger partial charge < -0.3 is 9.30 Å². The van der Waals surface area contributed by atoms with E-state index in [1.165, 1.54) is 4.57 Å². The van der Waals surface area contributed by atoms with Gasteiger partial charge in [-0.1, -0.05) is 30.3 Å². The molecule has 0 unspecified atom stereocenters. The monoisotopic (exact) mass is 284 g/mol. The molecule has 20 heavy (non-hydrogen) atoms. The second kappa shape index (κ2) is 6.09. The van der Waals surface area contributed by atoms with Crippen molar-refractivity contribution in [1.29, 1.82) is 0 Å². The Bertz CT molecular complexity index is 549. The number of rotatable bonds is 5. The minimum atomic E-state index is -4.42. The van der Waals surface area contributed by atoms with Crippen LogP contribution in [0, 0.1) is 0 Å². The molecular weight excluding hydrogens is 269 g/mol. The van der Waals surface area contributed by atoms with E-state index < -0.39 is 11.9 Å². The lowest BCUT2D eigenvalue weighted by atomic mass is 10.2. The van der Waals surface area contributed by atoms with Crippen molar-refractivity contribution in [2.75, 3.05) is 0 Å². The van der Waals surface area contributed by atoms with Crippen LogP contribution in [0.1, 0.15) is 24.0 Å². The van der Waals surface area contributed by atoms with Crippen molar-refractivity contribution in [2.45, 2.75) is 32.9 Å². The molecule has 0 aliphatic carbocycles. The number of ether oxygens (including phenoxy) is 1. The number of halogens is 3. The zero-order valence-electron chi connectivity index (χ0n) is 11.0. The summed E-state index contributed by atoms with van der Waals surface area (Å²) < 4.78 is 44.6. The molecule has 0 fully saturated rings. The highest BCUT2D eigenvalue weighted by Gasteiger charge is 2.34. The van der Waals surface area contributed by atoms with Gasteiger partial charge in [0, 0.05) is 12.7 Å². The summed E-state index contributed by atoms with van der Waals surface area (Å²) in [5.74, 6) is 0.288. The summed E-state index contributed by atoms with van der Waals surface area (Å²) in [6, 6.07) is 9.45. The van der Waals surface area contributed by atoms with E-state index in [-0.39, 0.29) is 12.4 Å². The van der Waals surface area contributed by atoms with Gasteiger partial charge in [0.15, 0.2) is 5.69 Å². The molecule has 0 atom stereocenters. The van der Waals surface area contributed by atoms with Crippen LogP contribution in [-0.4, -0.2) is 9.55 Å². The standard InChI is InChI=1S/C14H15F3N2O/c1-2-19-8-12(14(15,16)17)18-13(19)10-20-9-11-6-4-3-5-7-11/h3-8H,2,9-10H2,1H3. The van der Waals surface area contributed by atoms with Crippen LogP contribution in [0.3, 0.4) is 0 Å². The summed E-state index contributed by atoms with van der Waals surface area (Å²) in [6.45, 7) is 2.59. The summed E-state index contributed by atoms with van der Waals surface area (Å²) in [4.78, 5) is 3.60. The lowest BCUT2D eigenvalue weighted by Gasteiger charge is -2.06. The van der Waals surface area contributed by atoms with Crippen LogP contribution >= 0.6 is 0 Å². The number of aryl methyl sites for hydroxylation is 1.